The third kappa shape index (κ3) is 3.86. The Hall–Kier alpha value is -0.980. The molecule has 122 valence electrons. The van der Waals surface area contributed by atoms with Gasteiger partial charge in [0.1, 0.15) is 5.75 Å². The summed E-state index contributed by atoms with van der Waals surface area (Å²) in [5.41, 5.74) is -0.236. The first-order chi connectivity index (χ1) is 10.3. The van der Waals surface area contributed by atoms with Crippen molar-refractivity contribution in [3.05, 3.63) is 28.8 Å². The molecule has 1 aromatic carbocycles. The van der Waals surface area contributed by atoms with Crippen molar-refractivity contribution in [3.63, 3.8) is 0 Å². The van der Waals surface area contributed by atoms with E-state index in [-0.39, 0.29) is 23.1 Å². The molecule has 0 aliphatic carbocycles. The van der Waals surface area contributed by atoms with Gasteiger partial charge in [0.25, 0.3) is 0 Å². The largest absolute Gasteiger partial charge is 0.494 e. The lowest BCUT2D eigenvalue weighted by atomic mass is 10.1. The van der Waals surface area contributed by atoms with Gasteiger partial charge in [-0.15, -0.1) is 11.6 Å². The fraction of sp³-hybridized carbons (Fsp3) is 0.500. The van der Waals surface area contributed by atoms with E-state index in [0.717, 1.165) is 0 Å². The molecule has 0 bridgehead atoms. The molecule has 22 heavy (non-hydrogen) atoms. The zero-order chi connectivity index (χ0) is 16.4. The topological polar surface area (TPSA) is 65.0 Å². The molecule has 0 fully saturated rings. The number of halogens is 2. The van der Waals surface area contributed by atoms with Gasteiger partial charge < -0.3 is 9.57 Å². The van der Waals surface area contributed by atoms with Crippen LogP contribution in [0.25, 0.3) is 0 Å². The smallest absolute Gasteiger partial charge is 0.199 e. The maximum atomic E-state index is 12.5. The Bertz CT molecular complexity index is 690. The molecule has 2 rings (SSSR count). The van der Waals surface area contributed by atoms with Crippen LogP contribution in [0.5, 0.6) is 5.75 Å². The highest BCUT2D eigenvalue weighted by molar-refractivity contribution is 8.05. The van der Waals surface area contributed by atoms with Gasteiger partial charge in [-0.2, -0.15) is 0 Å². The van der Waals surface area contributed by atoms with E-state index in [0.29, 0.717) is 22.9 Å². The first kappa shape index (κ1) is 17.4. The quantitative estimate of drug-likeness (QED) is 0.750. The molecule has 1 unspecified atom stereocenters. The van der Waals surface area contributed by atoms with Crippen LogP contribution in [0.4, 0.5) is 0 Å². The van der Waals surface area contributed by atoms with Crippen molar-refractivity contribution in [1.82, 2.24) is 0 Å². The molecule has 0 saturated carbocycles. The predicted molar refractivity (Wildman–Crippen MR) is 87.5 cm³/mol. The summed E-state index contributed by atoms with van der Waals surface area (Å²) in [5, 5.41) is 4.19. The summed E-state index contributed by atoms with van der Waals surface area (Å²) in [5.74, 6) is 0.402. The molecule has 1 aliphatic rings. The first-order valence-corrected chi connectivity index (χ1v) is 9.31. The van der Waals surface area contributed by atoms with Crippen LogP contribution in [-0.2, 0) is 20.4 Å². The fourth-order valence-corrected chi connectivity index (χ4v) is 3.81. The number of rotatable bonds is 5. The number of benzene rings is 1. The molecule has 1 aliphatic heterocycles. The monoisotopic (exact) mass is 365 g/mol. The maximum absolute atomic E-state index is 12.5. The van der Waals surface area contributed by atoms with Gasteiger partial charge in [-0.25, -0.2) is 8.42 Å². The van der Waals surface area contributed by atoms with E-state index in [1.807, 2.05) is 6.92 Å². The minimum atomic E-state index is -3.60. The van der Waals surface area contributed by atoms with Gasteiger partial charge in [0.15, 0.2) is 20.5 Å². The van der Waals surface area contributed by atoms with Gasteiger partial charge in [-0.1, -0.05) is 22.8 Å². The molecule has 8 heteroatoms. The molecule has 0 N–H and O–H groups in total. The molecular formula is C14H17Cl2NO4S. The molecule has 0 aromatic heterocycles. The Morgan fingerprint density at radius 1 is 1.45 bits per heavy atom. The zero-order valence-electron chi connectivity index (χ0n) is 12.3. The van der Waals surface area contributed by atoms with E-state index < -0.39 is 15.4 Å². The van der Waals surface area contributed by atoms with Crippen LogP contribution in [0.2, 0.25) is 5.02 Å². The minimum absolute atomic E-state index is 0.00745. The summed E-state index contributed by atoms with van der Waals surface area (Å²) in [6.07, 6.45) is 0.163. The van der Waals surface area contributed by atoms with Gasteiger partial charge in [0, 0.05) is 17.0 Å². The molecule has 0 amide bonds. The van der Waals surface area contributed by atoms with E-state index in [4.69, 9.17) is 32.8 Å². The second kappa shape index (κ2) is 6.64. The van der Waals surface area contributed by atoms with Crippen LogP contribution < -0.4 is 4.74 Å². The third-order valence-corrected chi connectivity index (χ3v) is 5.64. The summed E-state index contributed by atoms with van der Waals surface area (Å²) >= 11 is 11.7. The lowest BCUT2D eigenvalue weighted by molar-refractivity contribution is 0.0152. The van der Waals surface area contributed by atoms with Gasteiger partial charge in [-0.3, -0.25) is 0 Å². The lowest BCUT2D eigenvalue weighted by Gasteiger charge is -2.16. The van der Waals surface area contributed by atoms with Crippen molar-refractivity contribution in [1.29, 1.82) is 0 Å². The van der Waals surface area contributed by atoms with E-state index >= 15 is 0 Å². The number of hydrogen-bond acceptors (Lipinski definition) is 5. The molecule has 1 aromatic rings. The highest BCUT2D eigenvalue weighted by Gasteiger charge is 2.39. The summed E-state index contributed by atoms with van der Waals surface area (Å²) in [6, 6.07) is 4.87. The number of oxime groups is 1. The standard InChI is InChI=1S/C14H17Cl2NO4S/c1-3-20-12-6-11(16)5-4-10(12)8-22(18,19)13-7-14(2,9-15)21-17-13/h4-6H,3,7-9H2,1-2H3. The molecule has 5 nitrogen and oxygen atoms in total. The van der Waals surface area contributed by atoms with Gasteiger partial charge in [0.2, 0.25) is 0 Å². The highest BCUT2D eigenvalue weighted by Crippen LogP contribution is 2.30. The molecule has 1 heterocycles. The van der Waals surface area contributed by atoms with E-state index in [9.17, 15) is 8.42 Å². The molecule has 0 saturated heterocycles. The minimum Gasteiger partial charge on any atom is -0.494 e. The second-order valence-electron chi connectivity index (χ2n) is 5.28. The lowest BCUT2D eigenvalue weighted by Crippen LogP contribution is -2.28. The highest BCUT2D eigenvalue weighted by atomic mass is 35.5. The van der Waals surface area contributed by atoms with Crippen LogP contribution in [0.1, 0.15) is 25.8 Å². The average molecular weight is 366 g/mol. The predicted octanol–water partition coefficient (Wildman–Crippen LogP) is 3.38. The van der Waals surface area contributed by atoms with Crippen molar-refractivity contribution in [3.8, 4) is 5.75 Å². The number of sulfone groups is 1. The van der Waals surface area contributed by atoms with Crippen LogP contribution in [0.3, 0.4) is 0 Å². The van der Waals surface area contributed by atoms with Crippen LogP contribution in [-0.4, -0.2) is 31.5 Å². The van der Waals surface area contributed by atoms with Gasteiger partial charge in [-0.05, 0) is 26.0 Å². The summed E-state index contributed by atoms with van der Waals surface area (Å²) < 4.78 is 30.5. The third-order valence-electron chi connectivity index (χ3n) is 3.21. The van der Waals surface area contributed by atoms with Gasteiger partial charge >= 0.3 is 0 Å². The van der Waals surface area contributed by atoms with Crippen molar-refractivity contribution in [2.45, 2.75) is 31.6 Å². The molecule has 1 atom stereocenters. The Morgan fingerprint density at radius 2 is 2.18 bits per heavy atom. The normalized spacial score (nSPS) is 21.4. The van der Waals surface area contributed by atoms with E-state index in [2.05, 4.69) is 5.16 Å². The fourth-order valence-electron chi connectivity index (χ4n) is 2.01. The molecular weight excluding hydrogens is 349 g/mol. The van der Waals surface area contributed by atoms with Crippen molar-refractivity contribution in [2.24, 2.45) is 5.16 Å². The first-order valence-electron chi connectivity index (χ1n) is 6.74. The SMILES string of the molecule is CCOc1cc(Cl)ccc1CS(=O)(=O)C1=NOC(C)(CCl)C1. The number of alkyl halides is 1. The Kier molecular flexibility index (Phi) is 5.25. The summed E-state index contributed by atoms with van der Waals surface area (Å²) in [4.78, 5) is 5.15. The Balaban J connectivity index is 2.23. The Morgan fingerprint density at radius 3 is 2.77 bits per heavy atom. The maximum Gasteiger partial charge on any atom is 0.199 e. The average Bonchev–Trinajstić information content (AvgIpc) is 2.86. The van der Waals surface area contributed by atoms with Gasteiger partial charge in [0.05, 0.1) is 18.2 Å². The number of nitrogens with zero attached hydrogens (tertiary/aromatic N) is 1. The van der Waals surface area contributed by atoms with Crippen molar-refractivity contribution >= 4 is 38.1 Å². The molecule has 0 radical (unpaired) electrons. The number of hydrogen-bond donors (Lipinski definition) is 0. The number of ether oxygens (including phenoxy) is 1. The zero-order valence-corrected chi connectivity index (χ0v) is 14.6. The van der Waals surface area contributed by atoms with Crippen LogP contribution in [0, 0.1) is 0 Å². The summed E-state index contributed by atoms with van der Waals surface area (Å²) in [6.45, 7) is 3.96. The summed E-state index contributed by atoms with van der Waals surface area (Å²) in [7, 11) is -3.60. The van der Waals surface area contributed by atoms with E-state index in [1.165, 1.54) is 0 Å². The van der Waals surface area contributed by atoms with Crippen LogP contribution in [0.15, 0.2) is 23.4 Å². The van der Waals surface area contributed by atoms with E-state index in [1.54, 1.807) is 25.1 Å². The van der Waals surface area contributed by atoms with Crippen molar-refractivity contribution < 1.29 is 18.0 Å². The molecule has 0 spiro atoms. The second-order valence-corrected chi connectivity index (χ2v) is 7.97. The van der Waals surface area contributed by atoms with Crippen LogP contribution >= 0.6 is 23.2 Å². The van der Waals surface area contributed by atoms with Crippen molar-refractivity contribution in [2.75, 3.05) is 12.5 Å². The Labute approximate surface area is 140 Å².